The molecule has 0 saturated carbocycles. The molecule has 1 N–H and O–H groups in total. The molecule has 0 fully saturated rings. The zero-order valence-corrected chi connectivity index (χ0v) is 15.4. The van der Waals surface area contributed by atoms with E-state index >= 15 is 0 Å². The molecular formula is C20H18BrN3O. The number of carbonyl (C=O) groups excluding carboxylic acids is 1. The van der Waals surface area contributed by atoms with E-state index in [2.05, 4.69) is 43.3 Å². The molecule has 0 atom stereocenters. The van der Waals surface area contributed by atoms with Crippen molar-refractivity contribution in [3.8, 4) is 0 Å². The molecule has 4 nitrogen and oxygen atoms in total. The van der Waals surface area contributed by atoms with Gasteiger partial charge < -0.3 is 10.2 Å². The molecule has 5 heteroatoms. The second kappa shape index (κ2) is 7.94. The van der Waals surface area contributed by atoms with E-state index in [-0.39, 0.29) is 5.91 Å². The zero-order chi connectivity index (χ0) is 17.6. The first-order valence-electron chi connectivity index (χ1n) is 7.89. The zero-order valence-electron chi connectivity index (χ0n) is 13.8. The molecule has 0 aliphatic heterocycles. The number of nitrogens with one attached hydrogen (secondary N) is 1. The van der Waals surface area contributed by atoms with E-state index in [0.29, 0.717) is 5.56 Å². The van der Waals surface area contributed by atoms with Crippen molar-refractivity contribution in [2.45, 2.75) is 6.54 Å². The number of hydrogen-bond donors (Lipinski definition) is 1. The normalized spacial score (nSPS) is 10.3. The highest BCUT2D eigenvalue weighted by molar-refractivity contribution is 9.10. The van der Waals surface area contributed by atoms with Gasteiger partial charge in [0.25, 0.3) is 5.91 Å². The Morgan fingerprint density at radius 2 is 1.80 bits per heavy atom. The molecule has 0 aliphatic rings. The molecule has 3 rings (SSSR count). The summed E-state index contributed by atoms with van der Waals surface area (Å²) in [5, 5.41) is 2.88. The number of benzene rings is 2. The monoisotopic (exact) mass is 395 g/mol. The summed E-state index contributed by atoms with van der Waals surface area (Å²) in [7, 11) is 1.99. The summed E-state index contributed by atoms with van der Waals surface area (Å²) in [6.07, 6.45) is 3.34. The number of hydrogen-bond acceptors (Lipinski definition) is 3. The van der Waals surface area contributed by atoms with Gasteiger partial charge in [0.05, 0.1) is 17.4 Å². The van der Waals surface area contributed by atoms with Gasteiger partial charge in [0.1, 0.15) is 0 Å². The average Bonchev–Trinajstić information content (AvgIpc) is 2.64. The van der Waals surface area contributed by atoms with Crippen molar-refractivity contribution >= 4 is 33.2 Å². The van der Waals surface area contributed by atoms with Crippen LogP contribution in [0.1, 0.15) is 15.9 Å². The topological polar surface area (TPSA) is 45.2 Å². The van der Waals surface area contributed by atoms with Gasteiger partial charge >= 0.3 is 0 Å². The van der Waals surface area contributed by atoms with E-state index in [1.54, 1.807) is 12.4 Å². The quantitative estimate of drug-likeness (QED) is 0.678. The molecular weight excluding hydrogens is 378 g/mol. The Bertz CT molecular complexity index is 850. The highest BCUT2D eigenvalue weighted by Gasteiger charge is 2.10. The number of rotatable bonds is 5. The summed E-state index contributed by atoms with van der Waals surface area (Å²) in [6, 6.07) is 19.5. The van der Waals surface area contributed by atoms with Crippen molar-refractivity contribution in [1.29, 1.82) is 0 Å². The van der Waals surface area contributed by atoms with Crippen molar-refractivity contribution in [1.82, 2.24) is 4.98 Å². The number of anilines is 2. The van der Waals surface area contributed by atoms with Gasteiger partial charge in [-0.3, -0.25) is 9.78 Å². The summed E-state index contributed by atoms with van der Waals surface area (Å²) in [5.41, 5.74) is 3.37. The van der Waals surface area contributed by atoms with Crippen LogP contribution in [-0.4, -0.2) is 17.9 Å². The van der Waals surface area contributed by atoms with Crippen LogP contribution in [-0.2, 0) is 6.54 Å². The van der Waals surface area contributed by atoms with Crippen LogP contribution in [0, 0.1) is 0 Å². The summed E-state index contributed by atoms with van der Waals surface area (Å²) in [5.74, 6) is -0.176. The number of aromatic nitrogens is 1. The lowest BCUT2D eigenvalue weighted by atomic mass is 10.2. The van der Waals surface area contributed by atoms with Gasteiger partial charge in [-0.15, -0.1) is 0 Å². The summed E-state index contributed by atoms with van der Waals surface area (Å²) < 4.78 is 0.969. The molecule has 3 aromatic rings. The predicted molar refractivity (Wildman–Crippen MR) is 105 cm³/mol. The van der Waals surface area contributed by atoms with Crippen molar-refractivity contribution in [3.63, 3.8) is 0 Å². The highest BCUT2D eigenvalue weighted by Crippen LogP contribution is 2.18. The first-order valence-corrected chi connectivity index (χ1v) is 8.68. The smallest absolute Gasteiger partial charge is 0.257 e. The van der Waals surface area contributed by atoms with Crippen LogP contribution in [0.15, 0.2) is 77.5 Å². The number of nitrogens with zero attached hydrogens (tertiary/aromatic N) is 2. The van der Waals surface area contributed by atoms with Gasteiger partial charge in [0.15, 0.2) is 0 Å². The molecule has 0 bridgehead atoms. The van der Waals surface area contributed by atoms with Crippen LogP contribution in [0.3, 0.4) is 0 Å². The fraction of sp³-hybridized carbons (Fsp3) is 0.100. The van der Waals surface area contributed by atoms with Crippen LogP contribution in [0.5, 0.6) is 0 Å². The summed E-state index contributed by atoms with van der Waals surface area (Å²) in [4.78, 5) is 18.7. The van der Waals surface area contributed by atoms with Gasteiger partial charge in [-0.2, -0.15) is 0 Å². The van der Waals surface area contributed by atoms with E-state index in [9.17, 15) is 4.79 Å². The van der Waals surface area contributed by atoms with E-state index in [0.717, 1.165) is 22.4 Å². The fourth-order valence-corrected chi connectivity index (χ4v) is 2.71. The predicted octanol–water partition coefficient (Wildman–Crippen LogP) is 4.73. The van der Waals surface area contributed by atoms with Crippen LogP contribution < -0.4 is 10.2 Å². The minimum atomic E-state index is -0.176. The molecule has 126 valence electrons. The maximum absolute atomic E-state index is 12.5. The van der Waals surface area contributed by atoms with Crippen molar-refractivity contribution in [3.05, 3.63) is 88.7 Å². The van der Waals surface area contributed by atoms with E-state index < -0.39 is 0 Å². The molecule has 1 heterocycles. The number of amides is 1. The SMILES string of the molecule is CN(Cc1ccccc1)c1cncc(C(=O)Nc2ccc(Br)cc2)c1. The number of pyridine rings is 1. The van der Waals surface area contributed by atoms with E-state index in [4.69, 9.17) is 0 Å². The van der Waals surface area contributed by atoms with E-state index in [1.165, 1.54) is 5.56 Å². The average molecular weight is 396 g/mol. The Hall–Kier alpha value is -2.66. The third-order valence-corrected chi connectivity index (χ3v) is 4.32. The van der Waals surface area contributed by atoms with Crippen LogP contribution in [0.25, 0.3) is 0 Å². The number of halogens is 1. The van der Waals surface area contributed by atoms with Gasteiger partial charge in [0, 0.05) is 29.9 Å². The minimum Gasteiger partial charge on any atom is -0.369 e. The second-order valence-electron chi connectivity index (χ2n) is 5.73. The van der Waals surface area contributed by atoms with Gasteiger partial charge in [-0.25, -0.2) is 0 Å². The Labute approximate surface area is 155 Å². The van der Waals surface area contributed by atoms with Gasteiger partial charge in [0.2, 0.25) is 0 Å². The number of carbonyl (C=O) groups is 1. The van der Waals surface area contributed by atoms with Crippen molar-refractivity contribution in [2.75, 3.05) is 17.3 Å². The van der Waals surface area contributed by atoms with Crippen molar-refractivity contribution in [2.24, 2.45) is 0 Å². The largest absolute Gasteiger partial charge is 0.369 e. The Morgan fingerprint density at radius 1 is 1.08 bits per heavy atom. The van der Waals surface area contributed by atoms with Crippen molar-refractivity contribution < 1.29 is 4.79 Å². The van der Waals surface area contributed by atoms with Gasteiger partial charge in [-0.05, 0) is 35.9 Å². The van der Waals surface area contributed by atoms with Crippen LogP contribution in [0.4, 0.5) is 11.4 Å². The molecule has 2 aromatic carbocycles. The Balaban J connectivity index is 1.72. The third-order valence-electron chi connectivity index (χ3n) is 3.79. The highest BCUT2D eigenvalue weighted by atomic mass is 79.9. The first kappa shape index (κ1) is 17.2. The Kier molecular flexibility index (Phi) is 5.46. The summed E-state index contributed by atoms with van der Waals surface area (Å²) in [6.45, 7) is 0.750. The molecule has 0 aliphatic carbocycles. The summed E-state index contributed by atoms with van der Waals surface area (Å²) >= 11 is 3.38. The lowest BCUT2D eigenvalue weighted by Gasteiger charge is -2.19. The van der Waals surface area contributed by atoms with Crippen LogP contribution in [0.2, 0.25) is 0 Å². The molecule has 0 spiro atoms. The molecule has 0 saturated heterocycles. The molecule has 25 heavy (non-hydrogen) atoms. The molecule has 1 amide bonds. The third kappa shape index (κ3) is 4.67. The molecule has 0 radical (unpaired) electrons. The van der Waals surface area contributed by atoms with Gasteiger partial charge in [-0.1, -0.05) is 46.3 Å². The first-order chi connectivity index (χ1) is 12.1. The fourth-order valence-electron chi connectivity index (χ4n) is 2.45. The standard InChI is InChI=1S/C20H18BrN3O/c1-24(14-15-5-3-2-4-6-15)19-11-16(12-22-13-19)20(25)23-18-9-7-17(21)8-10-18/h2-13H,14H2,1H3,(H,23,25). The lowest BCUT2D eigenvalue weighted by molar-refractivity contribution is 0.102. The lowest BCUT2D eigenvalue weighted by Crippen LogP contribution is -2.18. The minimum absolute atomic E-state index is 0.176. The molecule has 0 unspecified atom stereocenters. The Morgan fingerprint density at radius 3 is 2.52 bits per heavy atom. The van der Waals surface area contributed by atoms with E-state index in [1.807, 2.05) is 55.6 Å². The van der Waals surface area contributed by atoms with Crippen LogP contribution >= 0.6 is 15.9 Å². The maximum atomic E-state index is 12.5. The maximum Gasteiger partial charge on any atom is 0.257 e. The molecule has 1 aromatic heterocycles. The second-order valence-corrected chi connectivity index (χ2v) is 6.65.